The van der Waals surface area contributed by atoms with Gasteiger partial charge >= 0.3 is 0 Å². The van der Waals surface area contributed by atoms with E-state index in [1.54, 1.807) is 0 Å². The molecule has 1 aromatic rings. The van der Waals surface area contributed by atoms with Crippen molar-refractivity contribution >= 4 is 5.91 Å². The molecule has 1 saturated heterocycles. The number of aryl methyl sites for hydroxylation is 1. The standard InChI is InChI=1S/C15H20N2O/c1-11-4-2-3-5-14(11)15(18)16-12-8-9-17(10-12)13-6-7-13/h2-5,12-13H,6-10H2,1H3,(H,16,18)/t12-/m0/s1. The Hall–Kier alpha value is -1.35. The average Bonchev–Trinajstić information content (AvgIpc) is 3.11. The Morgan fingerprint density at radius 3 is 2.78 bits per heavy atom. The molecule has 2 fully saturated rings. The van der Waals surface area contributed by atoms with E-state index >= 15 is 0 Å². The van der Waals surface area contributed by atoms with Gasteiger partial charge in [-0.15, -0.1) is 0 Å². The number of likely N-dealkylation sites (tertiary alicyclic amines) is 1. The number of hydrogen-bond donors (Lipinski definition) is 1. The molecule has 1 aliphatic carbocycles. The Bertz CT molecular complexity index is 454. The van der Waals surface area contributed by atoms with Crippen LogP contribution < -0.4 is 5.32 Å². The molecule has 18 heavy (non-hydrogen) atoms. The minimum Gasteiger partial charge on any atom is -0.348 e. The second-order valence-electron chi connectivity index (χ2n) is 5.50. The van der Waals surface area contributed by atoms with E-state index in [0.29, 0.717) is 6.04 Å². The van der Waals surface area contributed by atoms with Crippen molar-refractivity contribution < 1.29 is 4.79 Å². The third-order valence-corrected chi connectivity index (χ3v) is 4.01. The molecule has 3 heteroatoms. The fraction of sp³-hybridized carbons (Fsp3) is 0.533. The average molecular weight is 244 g/mol. The maximum absolute atomic E-state index is 12.2. The second kappa shape index (κ2) is 4.73. The van der Waals surface area contributed by atoms with Crippen molar-refractivity contribution in [3.63, 3.8) is 0 Å². The molecule has 0 aromatic heterocycles. The van der Waals surface area contributed by atoms with Gasteiger partial charge in [-0.3, -0.25) is 9.69 Å². The highest BCUT2D eigenvalue weighted by Crippen LogP contribution is 2.29. The number of carbonyl (C=O) groups excluding carboxylic acids is 1. The first-order chi connectivity index (χ1) is 8.74. The van der Waals surface area contributed by atoms with E-state index in [-0.39, 0.29) is 5.91 Å². The molecule has 1 aromatic carbocycles. The van der Waals surface area contributed by atoms with Crippen molar-refractivity contribution in [2.45, 2.75) is 38.3 Å². The van der Waals surface area contributed by atoms with E-state index in [0.717, 1.165) is 36.7 Å². The highest BCUT2D eigenvalue weighted by molar-refractivity contribution is 5.95. The number of carbonyl (C=O) groups is 1. The zero-order valence-electron chi connectivity index (χ0n) is 10.9. The maximum atomic E-state index is 12.2. The molecule has 96 valence electrons. The largest absolute Gasteiger partial charge is 0.348 e. The molecule has 0 radical (unpaired) electrons. The number of hydrogen-bond acceptors (Lipinski definition) is 2. The van der Waals surface area contributed by atoms with Gasteiger partial charge in [-0.05, 0) is 37.8 Å². The summed E-state index contributed by atoms with van der Waals surface area (Å²) in [5.74, 6) is 0.0794. The number of rotatable bonds is 3. The van der Waals surface area contributed by atoms with Gasteiger partial charge < -0.3 is 5.32 Å². The van der Waals surface area contributed by atoms with E-state index in [4.69, 9.17) is 0 Å². The highest BCUT2D eigenvalue weighted by atomic mass is 16.1. The number of nitrogens with zero attached hydrogens (tertiary/aromatic N) is 1. The van der Waals surface area contributed by atoms with Crippen LogP contribution in [0, 0.1) is 6.92 Å². The highest BCUT2D eigenvalue weighted by Gasteiger charge is 2.34. The molecule has 2 aliphatic rings. The second-order valence-corrected chi connectivity index (χ2v) is 5.50. The van der Waals surface area contributed by atoms with Crippen LogP contribution in [0.4, 0.5) is 0 Å². The van der Waals surface area contributed by atoms with Crippen molar-refractivity contribution in [2.75, 3.05) is 13.1 Å². The van der Waals surface area contributed by atoms with Crippen LogP contribution >= 0.6 is 0 Å². The lowest BCUT2D eigenvalue weighted by Crippen LogP contribution is -2.37. The van der Waals surface area contributed by atoms with Gasteiger partial charge in [0.2, 0.25) is 0 Å². The van der Waals surface area contributed by atoms with Crippen molar-refractivity contribution in [3.05, 3.63) is 35.4 Å². The van der Waals surface area contributed by atoms with E-state index in [2.05, 4.69) is 10.2 Å². The van der Waals surface area contributed by atoms with E-state index < -0.39 is 0 Å². The third-order valence-electron chi connectivity index (χ3n) is 4.01. The van der Waals surface area contributed by atoms with Crippen molar-refractivity contribution in [2.24, 2.45) is 0 Å². The molecule has 0 unspecified atom stereocenters. The monoisotopic (exact) mass is 244 g/mol. The molecule has 1 amide bonds. The van der Waals surface area contributed by atoms with Crippen LogP contribution in [0.5, 0.6) is 0 Å². The van der Waals surface area contributed by atoms with Crippen LogP contribution in [-0.2, 0) is 0 Å². The van der Waals surface area contributed by atoms with Gasteiger partial charge in [-0.25, -0.2) is 0 Å². The number of benzene rings is 1. The summed E-state index contributed by atoms with van der Waals surface area (Å²) >= 11 is 0. The fourth-order valence-corrected chi connectivity index (χ4v) is 2.77. The Balaban J connectivity index is 1.60. The van der Waals surface area contributed by atoms with Gasteiger partial charge in [0.25, 0.3) is 5.91 Å². The molecule has 0 bridgehead atoms. The van der Waals surface area contributed by atoms with Crippen LogP contribution in [0.25, 0.3) is 0 Å². The van der Waals surface area contributed by atoms with Gasteiger partial charge in [0, 0.05) is 30.7 Å². The van der Waals surface area contributed by atoms with Crippen LogP contribution in [0.1, 0.15) is 35.2 Å². The first-order valence-electron chi connectivity index (χ1n) is 6.84. The molecule has 3 nitrogen and oxygen atoms in total. The topological polar surface area (TPSA) is 32.3 Å². The zero-order chi connectivity index (χ0) is 12.5. The van der Waals surface area contributed by atoms with E-state index in [1.165, 1.54) is 12.8 Å². The van der Waals surface area contributed by atoms with Crippen LogP contribution in [0.2, 0.25) is 0 Å². The number of nitrogens with one attached hydrogen (secondary N) is 1. The van der Waals surface area contributed by atoms with Crippen molar-refractivity contribution in [3.8, 4) is 0 Å². The number of amides is 1. The fourth-order valence-electron chi connectivity index (χ4n) is 2.77. The zero-order valence-corrected chi connectivity index (χ0v) is 10.9. The molecular formula is C15H20N2O. The summed E-state index contributed by atoms with van der Waals surface area (Å²) in [5.41, 5.74) is 1.86. The minimum atomic E-state index is 0.0794. The lowest BCUT2D eigenvalue weighted by atomic mass is 10.1. The first-order valence-corrected chi connectivity index (χ1v) is 6.84. The van der Waals surface area contributed by atoms with Gasteiger partial charge in [0.15, 0.2) is 0 Å². The molecule has 1 saturated carbocycles. The predicted octanol–water partition coefficient (Wildman–Crippen LogP) is 1.96. The quantitative estimate of drug-likeness (QED) is 0.881. The van der Waals surface area contributed by atoms with Gasteiger partial charge in [-0.2, -0.15) is 0 Å². The van der Waals surface area contributed by atoms with Gasteiger partial charge in [0.1, 0.15) is 0 Å². The Morgan fingerprint density at radius 2 is 2.06 bits per heavy atom. The molecule has 3 rings (SSSR count). The molecule has 0 spiro atoms. The first kappa shape index (κ1) is 11.7. The van der Waals surface area contributed by atoms with Crippen LogP contribution in [0.3, 0.4) is 0 Å². The van der Waals surface area contributed by atoms with E-state index in [9.17, 15) is 4.79 Å². The van der Waals surface area contributed by atoms with Gasteiger partial charge in [0.05, 0.1) is 0 Å². The van der Waals surface area contributed by atoms with Crippen molar-refractivity contribution in [1.29, 1.82) is 0 Å². The summed E-state index contributed by atoms with van der Waals surface area (Å²) in [6.45, 7) is 4.16. The molecule has 1 aliphatic heterocycles. The molecule has 1 heterocycles. The smallest absolute Gasteiger partial charge is 0.251 e. The van der Waals surface area contributed by atoms with Crippen molar-refractivity contribution in [1.82, 2.24) is 10.2 Å². The van der Waals surface area contributed by atoms with Crippen LogP contribution in [0.15, 0.2) is 24.3 Å². The molecule has 1 N–H and O–H groups in total. The summed E-state index contributed by atoms with van der Waals surface area (Å²) < 4.78 is 0. The maximum Gasteiger partial charge on any atom is 0.251 e. The Labute approximate surface area is 108 Å². The van der Waals surface area contributed by atoms with E-state index in [1.807, 2.05) is 31.2 Å². The summed E-state index contributed by atoms with van der Waals surface area (Å²) in [5, 5.41) is 3.17. The summed E-state index contributed by atoms with van der Waals surface area (Å²) in [6.07, 6.45) is 3.78. The Morgan fingerprint density at radius 1 is 1.28 bits per heavy atom. The Kier molecular flexibility index (Phi) is 3.08. The van der Waals surface area contributed by atoms with Gasteiger partial charge in [-0.1, -0.05) is 18.2 Å². The normalized spacial score (nSPS) is 24.2. The minimum absolute atomic E-state index is 0.0794. The third kappa shape index (κ3) is 2.41. The molecule has 1 atom stereocenters. The lowest BCUT2D eigenvalue weighted by Gasteiger charge is -2.16. The lowest BCUT2D eigenvalue weighted by molar-refractivity contribution is 0.0937. The van der Waals surface area contributed by atoms with Crippen LogP contribution in [-0.4, -0.2) is 36.0 Å². The predicted molar refractivity (Wildman–Crippen MR) is 71.6 cm³/mol. The SMILES string of the molecule is Cc1ccccc1C(=O)N[C@H]1CCN(C2CC2)C1. The molecular weight excluding hydrogens is 224 g/mol. The summed E-state index contributed by atoms with van der Waals surface area (Å²) in [6, 6.07) is 8.92. The summed E-state index contributed by atoms with van der Waals surface area (Å²) in [7, 11) is 0. The summed E-state index contributed by atoms with van der Waals surface area (Å²) in [4.78, 5) is 14.7.